The van der Waals surface area contributed by atoms with Gasteiger partial charge in [-0.15, -0.1) is 0 Å². The summed E-state index contributed by atoms with van der Waals surface area (Å²) in [5.74, 6) is 0.827. The highest BCUT2D eigenvalue weighted by Gasteiger charge is 2.19. The maximum absolute atomic E-state index is 10.0. The van der Waals surface area contributed by atoms with E-state index in [-0.39, 0.29) is 0 Å². The molecule has 1 heterocycles. The van der Waals surface area contributed by atoms with E-state index in [1.54, 1.807) is 0 Å². The van der Waals surface area contributed by atoms with Crippen molar-refractivity contribution in [2.24, 2.45) is 0 Å². The number of nitrogens with one attached hydrogen (secondary N) is 1. The van der Waals surface area contributed by atoms with Crippen molar-refractivity contribution >= 4 is 0 Å². The Morgan fingerprint density at radius 3 is 3.10 bits per heavy atom. The highest BCUT2D eigenvalue weighted by Crippen LogP contribution is 2.15. The van der Waals surface area contributed by atoms with E-state index in [1.807, 2.05) is 18.2 Å². The molecule has 1 aliphatic heterocycles. The van der Waals surface area contributed by atoms with Gasteiger partial charge >= 0.3 is 0 Å². The van der Waals surface area contributed by atoms with Crippen molar-refractivity contribution in [1.29, 1.82) is 0 Å². The molecule has 1 saturated heterocycles. The molecule has 1 aromatic rings. The Labute approximate surface area is 127 Å². The first-order chi connectivity index (χ1) is 10.2. The Balaban J connectivity index is 1.68. The van der Waals surface area contributed by atoms with Crippen LogP contribution in [0, 0.1) is 0 Å². The summed E-state index contributed by atoms with van der Waals surface area (Å²) in [7, 11) is 0. The van der Waals surface area contributed by atoms with Gasteiger partial charge in [-0.25, -0.2) is 0 Å². The van der Waals surface area contributed by atoms with E-state index in [0.29, 0.717) is 25.3 Å². The smallest absolute Gasteiger partial charge is 0.119 e. The molecule has 0 spiro atoms. The van der Waals surface area contributed by atoms with E-state index in [2.05, 4.69) is 25.2 Å². The van der Waals surface area contributed by atoms with Gasteiger partial charge in [-0.3, -0.25) is 0 Å². The van der Waals surface area contributed by atoms with Gasteiger partial charge in [-0.05, 0) is 43.9 Å². The predicted molar refractivity (Wildman–Crippen MR) is 83.8 cm³/mol. The molecule has 2 rings (SSSR count). The second-order valence-corrected chi connectivity index (χ2v) is 5.78. The fourth-order valence-electron chi connectivity index (χ4n) is 2.59. The first-order valence-electron chi connectivity index (χ1n) is 7.92. The van der Waals surface area contributed by atoms with Crippen LogP contribution in [-0.4, -0.2) is 43.1 Å². The van der Waals surface area contributed by atoms with Crippen LogP contribution in [-0.2, 0) is 11.2 Å². The highest BCUT2D eigenvalue weighted by atomic mass is 16.5. The minimum Gasteiger partial charge on any atom is -0.491 e. The minimum absolute atomic E-state index is 0.307. The SMILES string of the molecule is CCc1cccc(OCC(O)CNC2CCOC(C)C2)c1. The van der Waals surface area contributed by atoms with Gasteiger partial charge in [0.25, 0.3) is 0 Å². The molecule has 4 heteroatoms. The van der Waals surface area contributed by atoms with Crippen LogP contribution in [0.3, 0.4) is 0 Å². The minimum atomic E-state index is -0.492. The molecule has 0 aliphatic carbocycles. The van der Waals surface area contributed by atoms with Crippen LogP contribution in [0.2, 0.25) is 0 Å². The number of aryl methyl sites for hydroxylation is 1. The third kappa shape index (κ3) is 5.65. The number of aliphatic hydroxyl groups is 1. The summed E-state index contributed by atoms with van der Waals surface area (Å²) >= 11 is 0. The maximum atomic E-state index is 10.0. The van der Waals surface area contributed by atoms with Crippen LogP contribution in [0.5, 0.6) is 5.75 Å². The third-order valence-electron chi connectivity index (χ3n) is 3.88. The van der Waals surface area contributed by atoms with Crippen LogP contribution in [0.25, 0.3) is 0 Å². The Bertz CT molecular complexity index is 424. The lowest BCUT2D eigenvalue weighted by Crippen LogP contribution is -2.42. The third-order valence-corrected chi connectivity index (χ3v) is 3.88. The van der Waals surface area contributed by atoms with E-state index in [0.717, 1.165) is 31.6 Å². The lowest BCUT2D eigenvalue weighted by Gasteiger charge is -2.28. The molecule has 0 saturated carbocycles. The fraction of sp³-hybridized carbons (Fsp3) is 0.647. The first-order valence-corrected chi connectivity index (χ1v) is 7.92. The summed E-state index contributed by atoms with van der Waals surface area (Å²) in [6.45, 7) is 5.89. The Hall–Kier alpha value is -1.10. The molecule has 0 bridgehead atoms. The summed E-state index contributed by atoms with van der Waals surface area (Å²) < 4.78 is 11.2. The summed E-state index contributed by atoms with van der Waals surface area (Å²) in [5.41, 5.74) is 1.25. The lowest BCUT2D eigenvalue weighted by molar-refractivity contribution is 0.00966. The lowest BCUT2D eigenvalue weighted by atomic mass is 10.0. The topological polar surface area (TPSA) is 50.7 Å². The molecule has 1 fully saturated rings. The highest BCUT2D eigenvalue weighted by molar-refractivity contribution is 5.28. The van der Waals surface area contributed by atoms with Gasteiger partial charge in [-0.1, -0.05) is 19.1 Å². The van der Waals surface area contributed by atoms with Gasteiger partial charge in [0, 0.05) is 19.2 Å². The zero-order valence-electron chi connectivity index (χ0n) is 13.0. The largest absolute Gasteiger partial charge is 0.491 e. The van der Waals surface area contributed by atoms with E-state index >= 15 is 0 Å². The molecule has 4 nitrogen and oxygen atoms in total. The van der Waals surface area contributed by atoms with Crippen molar-refractivity contribution in [2.75, 3.05) is 19.8 Å². The quantitative estimate of drug-likeness (QED) is 0.809. The van der Waals surface area contributed by atoms with Gasteiger partial charge in [-0.2, -0.15) is 0 Å². The second kappa shape index (κ2) is 8.37. The molecule has 0 aromatic heterocycles. The monoisotopic (exact) mass is 293 g/mol. The van der Waals surface area contributed by atoms with Crippen molar-refractivity contribution in [1.82, 2.24) is 5.32 Å². The molecule has 3 unspecified atom stereocenters. The summed E-state index contributed by atoms with van der Waals surface area (Å²) in [4.78, 5) is 0. The number of rotatable bonds is 7. The van der Waals surface area contributed by atoms with Gasteiger partial charge in [0.15, 0.2) is 0 Å². The molecule has 21 heavy (non-hydrogen) atoms. The summed E-state index contributed by atoms with van der Waals surface area (Å²) in [5, 5.41) is 13.4. The van der Waals surface area contributed by atoms with Crippen LogP contribution in [0.1, 0.15) is 32.3 Å². The molecule has 2 N–H and O–H groups in total. The van der Waals surface area contributed by atoms with Gasteiger partial charge in [0.05, 0.1) is 6.10 Å². The Morgan fingerprint density at radius 2 is 2.33 bits per heavy atom. The summed E-state index contributed by atoms with van der Waals surface area (Å²) in [6, 6.07) is 8.46. The average molecular weight is 293 g/mol. The predicted octanol–water partition coefficient (Wildman–Crippen LogP) is 2.15. The van der Waals surface area contributed by atoms with Crippen LogP contribution >= 0.6 is 0 Å². The van der Waals surface area contributed by atoms with Crippen LogP contribution in [0.15, 0.2) is 24.3 Å². The molecule has 0 amide bonds. The zero-order chi connectivity index (χ0) is 15.1. The molecular formula is C17H27NO3. The number of ether oxygens (including phenoxy) is 2. The zero-order valence-corrected chi connectivity index (χ0v) is 13.0. The molecule has 118 valence electrons. The number of hydrogen-bond acceptors (Lipinski definition) is 4. The number of hydrogen-bond donors (Lipinski definition) is 2. The molecular weight excluding hydrogens is 266 g/mol. The van der Waals surface area contributed by atoms with E-state index in [4.69, 9.17) is 9.47 Å². The van der Waals surface area contributed by atoms with Crippen molar-refractivity contribution in [3.63, 3.8) is 0 Å². The number of benzene rings is 1. The molecule has 1 aliphatic rings. The number of aliphatic hydroxyl groups excluding tert-OH is 1. The average Bonchev–Trinajstić information content (AvgIpc) is 2.51. The fourth-order valence-corrected chi connectivity index (χ4v) is 2.59. The van der Waals surface area contributed by atoms with Crippen molar-refractivity contribution in [2.45, 2.75) is 51.4 Å². The van der Waals surface area contributed by atoms with E-state index in [9.17, 15) is 5.11 Å². The van der Waals surface area contributed by atoms with Crippen LogP contribution < -0.4 is 10.1 Å². The normalized spacial score (nSPS) is 23.8. The Kier molecular flexibility index (Phi) is 6.49. The standard InChI is InChI=1S/C17H27NO3/c1-3-14-5-4-6-17(10-14)21-12-16(19)11-18-15-7-8-20-13(2)9-15/h4-6,10,13,15-16,18-19H,3,7-9,11-12H2,1-2H3. The van der Waals surface area contributed by atoms with E-state index < -0.39 is 6.10 Å². The molecule has 3 atom stereocenters. The Morgan fingerprint density at radius 1 is 1.48 bits per heavy atom. The van der Waals surface area contributed by atoms with Crippen molar-refractivity contribution < 1.29 is 14.6 Å². The first kappa shape index (κ1) is 16.3. The van der Waals surface area contributed by atoms with Crippen molar-refractivity contribution in [3.8, 4) is 5.75 Å². The van der Waals surface area contributed by atoms with Gasteiger partial charge < -0.3 is 19.9 Å². The second-order valence-electron chi connectivity index (χ2n) is 5.78. The molecule has 0 radical (unpaired) electrons. The van der Waals surface area contributed by atoms with Gasteiger partial charge in [0.1, 0.15) is 18.5 Å². The molecule has 1 aromatic carbocycles. The van der Waals surface area contributed by atoms with Gasteiger partial charge in [0.2, 0.25) is 0 Å². The van der Waals surface area contributed by atoms with Crippen molar-refractivity contribution in [3.05, 3.63) is 29.8 Å². The summed E-state index contributed by atoms with van der Waals surface area (Å²) in [6.07, 6.45) is 2.82. The van der Waals surface area contributed by atoms with Crippen LogP contribution in [0.4, 0.5) is 0 Å². The van der Waals surface area contributed by atoms with E-state index in [1.165, 1.54) is 5.56 Å². The maximum Gasteiger partial charge on any atom is 0.119 e.